The number of nitrogen functional groups attached to an aromatic ring is 1. The van der Waals surface area contributed by atoms with E-state index in [1.54, 1.807) is 16.4 Å². The number of rotatable bonds is 4. The average molecular weight is 252 g/mol. The Hall–Kier alpha value is -0.970. The molecule has 2 N–H and O–H groups in total. The number of aromatic nitrogens is 3. The molecule has 0 saturated heterocycles. The Kier molecular flexibility index (Phi) is 4.10. The molecule has 2 rings (SSSR count). The summed E-state index contributed by atoms with van der Waals surface area (Å²) in [5, 5.41) is 9.23. The molecule has 0 atom stereocenters. The van der Waals surface area contributed by atoms with Crippen LogP contribution in [0.3, 0.4) is 0 Å². The second-order valence-electron chi connectivity index (χ2n) is 4.79. The number of hydrogen-bond acceptors (Lipinski definition) is 4. The molecule has 1 aromatic rings. The van der Waals surface area contributed by atoms with Crippen molar-refractivity contribution in [1.82, 2.24) is 14.9 Å². The van der Waals surface area contributed by atoms with Gasteiger partial charge in [-0.3, -0.25) is 0 Å². The van der Waals surface area contributed by atoms with Gasteiger partial charge < -0.3 is 5.84 Å². The lowest BCUT2D eigenvalue weighted by molar-refractivity contribution is 0.421. The second-order valence-corrected chi connectivity index (χ2v) is 5.73. The first-order chi connectivity index (χ1) is 8.18. The van der Waals surface area contributed by atoms with E-state index in [0.717, 1.165) is 22.3 Å². The SMILES string of the molecule is C=C(C)CSc1nnc(C2CCCCC2)n1N. The quantitative estimate of drug-likeness (QED) is 0.508. The van der Waals surface area contributed by atoms with Crippen LogP contribution in [0.25, 0.3) is 0 Å². The zero-order chi connectivity index (χ0) is 12.3. The Morgan fingerprint density at radius 1 is 1.41 bits per heavy atom. The summed E-state index contributed by atoms with van der Waals surface area (Å²) >= 11 is 1.60. The second kappa shape index (κ2) is 5.58. The molecule has 0 aromatic carbocycles. The van der Waals surface area contributed by atoms with Crippen LogP contribution in [0.1, 0.15) is 50.8 Å². The number of hydrogen-bond donors (Lipinski definition) is 1. The fourth-order valence-corrected chi connectivity index (χ4v) is 2.92. The van der Waals surface area contributed by atoms with Gasteiger partial charge in [0.05, 0.1) is 0 Å². The predicted molar refractivity (Wildman–Crippen MR) is 71.5 cm³/mol. The van der Waals surface area contributed by atoms with Gasteiger partial charge in [0.15, 0.2) is 5.82 Å². The first-order valence-corrected chi connectivity index (χ1v) is 7.14. The van der Waals surface area contributed by atoms with Crippen LogP contribution in [0.2, 0.25) is 0 Å². The number of nitrogens with zero attached hydrogens (tertiary/aromatic N) is 3. The maximum Gasteiger partial charge on any atom is 0.210 e. The smallest absolute Gasteiger partial charge is 0.210 e. The van der Waals surface area contributed by atoms with Crippen molar-refractivity contribution in [1.29, 1.82) is 0 Å². The molecule has 1 saturated carbocycles. The first-order valence-electron chi connectivity index (χ1n) is 6.16. The van der Waals surface area contributed by atoms with Gasteiger partial charge in [-0.25, -0.2) is 4.68 Å². The molecule has 5 heteroatoms. The van der Waals surface area contributed by atoms with E-state index in [0.29, 0.717) is 5.92 Å². The summed E-state index contributed by atoms with van der Waals surface area (Å²) in [5.41, 5.74) is 1.12. The van der Waals surface area contributed by atoms with Gasteiger partial charge in [0.25, 0.3) is 0 Å². The summed E-state index contributed by atoms with van der Waals surface area (Å²) < 4.78 is 1.67. The lowest BCUT2D eigenvalue weighted by Crippen LogP contribution is -2.18. The van der Waals surface area contributed by atoms with E-state index in [1.165, 1.54) is 32.1 Å². The van der Waals surface area contributed by atoms with Gasteiger partial charge in [0, 0.05) is 11.7 Å². The largest absolute Gasteiger partial charge is 0.336 e. The summed E-state index contributed by atoms with van der Waals surface area (Å²) in [7, 11) is 0. The van der Waals surface area contributed by atoms with E-state index in [9.17, 15) is 0 Å². The normalized spacial score (nSPS) is 17.2. The van der Waals surface area contributed by atoms with Crippen molar-refractivity contribution in [3.8, 4) is 0 Å². The standard InChI is InChI=1S/C12H20N4S/c1-9(2)8-17-12-15-14-11(16(12)13)10-6-4-3-5-7-10/h10H,1,3-8,13H2,2H3. The van der Waals surface area contributed by atoms with Crippen molar-refractivity contribution in [3.05, 3.63) is 18.0 Å². The predicted octanol–water partition coefficient (Wildman–Crippen LogP) is 2.71. The van der Waals surface area contributed by atoms with Crippen LogP contribution in [0.5, 0.6) is 0 Å². The van der Waals surface area contributed by atoms with E-state index in [1.807, 2.05) is 6.92 Å². The Bertz CT molecular complexity index is 393. The molecule has 0 bridgehead atoms. The zero-order valence-corrected chi connectivity index (χ0v) is 11.2. The van der Waals surface area contributed by atoms with Crippen molar-refractivity contribution >= 4 is 11.8 Å². The highest BCUT2D eigenvalue weighted by atomic mass is 32.2. The third-order valence-electron chi connectivity index (χ3n) is 3.11. The average Bonchev–Trinajstić information content (AvgIpc) is 2.69. The maximum atomic E-state index is 6.06. The molecule has 0 radical (unpaired) electrons. The molecule has 1 aliphatic rings. The van der Waals surface area contributed by atoms with Crippen molar-refractivity contribution < 1.29 is 0 Å². The van der Waals surface area contributed by atoms with Crippen LogP contribution in [0.15, 0.2) is 17.3 Å². The van der Waals surface area contributed by atoms with Gasteiger partial charge in [0.1, 0.15) is 0 Å². The lowest BCUT2D eigenvalue weighted by atomic mass is 9.89. The van der Waals surface area contributed by atoms with Gasteiger partial charge >= 0.3 is 0 Å². The van der Waals surface area contributed by atoms with Gasteiger partial charge in [-0.2, -0.15) is 0 Å². The Balaban J connectivity index is 2.05. The summed E-state index contributed by atoms with van der Waals surface area (Å²) in [4.78, 5) is 0. The van der Waals surface area contributed by atoms with E-state index >= 15 is 0 Å². The molecule has 1 fully saturated rings. The molecule has 1 aliphatic carbocycles. The van der Waals surface area contributed by atoms with Crippen LogP contribution in [0, 0.1) is 0 Å². The molecule has 0 unspecified atom stereocenters. The van der Waals surface area contributed by atoms with E-state index in [4.69, 9.17) is 5.84 Å². The zero-order valence-electron chi connectivity index (χ0n) is 10.4. The van der Waals surface area contributed by atoms with Gasteiger partial charge in [-0.15, -0.1) is 10.2 Å². The van der Waals surface area contributed by atoms with Crippen molar-refractivity contribution in [2.24, 2.45) is 0 Å². The number of nitrogens with two attached hydrogens (primary N) is 1. The minimum Gasteiger partial charge on any atom is -0.336 e. The van der Waals surface area contributed by atoms with Crippen molar-refractivity contribution in [2.45, 2.75) is 50.1 Å². The van der Waals surface area contributed by atoms with Gasteiger partial charge in [-0.1, -0.05) is 43.2 Å². The van der Waals surface area contributed by atoms with Crippen LogP contribution in [-0.4, -0.2) is 20.6 Å². The fourth-order valence-electron chi connectivity index (χ4n) is 2.21. The van der Waals surface area contributed by atoms with E-state index < -0.39 is 0 Å². The maximum absolute atomic E-state index is 6.06. The van der Waals surface area contributed by atoms with Crippen LogP contribution >= 0.6 is 11.8 Å². The number of thioether (sulfide) groups is 1. The summed E-state index contributed by atoms with van der Waals surface area (Å²) in [6.45, 7) is 5.88. The molecule has 0 spiro atoms. The van der Waals surface area contributed by atoms with E-state index in [2.05, 4.69) is 16.8 Å². The summed E-state index contributed by atoms with van der Waals surface area (Å²) in [6, 6.07) is 0. The highest BCUT2D eigenvalue weighted by molar-refractivity contribution is 7.99. The van der Waals surface area contributed by atoms with Gasteiger partial charge in [0.2, 0.25) is 5.16 Å². The molecule has 0 amide bonds. The highest BCUT2D eigenvalue weighted by Gasteiger charge is 2.22. The monoisotopic (exact) mass is 252 g/mol. The third-order valence-corrected chi connectivity index (χ3v) is 4.28. The van der Waals surface area contributed by atoms with E-state index in [-0.39, 0.29) is 0 Å². The molecule has 1 heterocycles. The van der Waals surface area contributed by atoms with Gasteiger partial charge in [-0.05, 0) is 19.8 Å². The third kappa shape index (κ3) is 3.03. The molecule has 4 nitrogen and oxygen atoms in total. The molecule has 17 heavy (non-hydrogen) atoms. The fraction of sp³-hybridized carbons (Fsp3) is 0.667. The Labute approximate surface area is 107 Å². The summed E-state index contributed by atoms with van der Waals surface area (Å²) in [5.74, 6) is 8.36. The lowest BCUT2D eigenvalue weighted by Gasteiger charge is -2.20. The Morgan fingerprint density at radius 3 is 2.76 bits per heavy atom. The molecular formula is C12H20N4S. The molecule has 94 valence electrons. The van der Waals surface area contributed by atoms with Crippen LogP contribution in [-0.2, 0) is 0 Å². The topological polar surface area (TPSA) is 56.7 Å². The van der Waals surface area contributed by atoms with Crippen LogP contribution in [0.4, 0.5) is 0 Å². The Morgan fingerprint density at radius 2 is 2.12 bits per heavy atom. The molecular weight excluding hydrogens is 232 g/mol. The summed E-state index contributed by atoms with van der Waals surface area (Å²) in [6.07, 6.45) is 6.30. The van der Waals surface area contributed by atoms with Crippen molar-refractivity contribution in [2.75, 3.05) is 11.6 Å². The minimum atomic E-state index is 0.500. The molecule has 1 aromatic heterocycles. The highest BCUT2D eigenvalue weighted by Crippen LogP contribution is 2.32. The van der Waals surface area contributed by atoms with Crippen molar-refractivity contribution in [3.63, 3.8) is 0 Å². The first kappa shape index (κ1) is 12.5. The van der Waals surface area contributed by atoms with Crippen LogP contribution < -0.4 is 5.84 Å². The minimum absolute atomic E-state index is 0.500. The molecule has 0 aliphatic heterocycles.